The first-order chi connectivity index (χ1) is 10.1. The molecule has 0 saturated heterocycles. The molecule has 0 aliphatic carbocycles. The first-order valence-electron chi connectivity index (χ1n) is 6.57. The number of carbonyl (C=O) groups is 1. The van der Waals surface area contributed by atoms with Crippen LogP contribution < -0.4 is 5.32 Å². The Bertz CT molecular complexity index is 819. The molecule has 4 nitrogen and oxygen atoms in total. The lowest BCUT2D eigenvalue weighted by atomic mass is 10.1. The first-order valence-corrected chi connectivity index (χ1v) is 7.37. The highest BCUT2D eigenvalue weighted by Crippen LogP contribution is 2.26. The number of carbonyl (C=O) groups excluding carboxylic acids is 1. The number of anilines is 1. The summed E-state index contributed by atoms with van der Waals surface area (Å²) in [4.78, 5) is 12.3. The van der Waals surface area contributed by atoms with E-state index in [1.54, 1.807) is 0 Å². The quantitative estimate of drug-likeness (QED) is 0.732. The molecular weight excluding hydrogens is 330 g/mol. The molecule has 0 unspecified atom stereocenters. The number of aromatic amines is 1. The zero-order valence-corrected chi connectivity index (χ0v) is 13.3. The second-order valence-corrected chi connectivity index (χ2v) is 5.79. The highest BCUT2D eigenvalue weighted by molar-refractivity contribution is 9.10. The zero-order chi connectivity index (χ0) is 15.0. The molecule has 2 N–H and O–H groups in total. The number of nitrogens with zero attached hydrogens (tertiary/aromatic N) is 1. The maximum atomic E-state index is 12.3. The van der Waals surface area contributed by atoms with Gasteiger partial charge in [0, 0.05) is 15.9 Å². The zero-order valence-electron chi connectivity index (χ0n) is 11.7. The Morgan fingerprint density at radius 2 is 2.05 bits per heavy atom. The van der Waals surface area contributed by atoms with E-state index < -0.39 is 0 Å². The molecule has 21 heavy (non-hydrogen) atoms. The molecule has 106 valence electrons. The normalized spacial score (nSPS) is 10.8. The molecule has 3 aromatic rings. The van der Waals surface area contributed by atoms with Crippen molar-refractivity contribution in [3.8, 4) is 0 Å². The first kappa shape index (κ1) is 13.8. The van der Waals surface area contributed by atoms with Crippen LogP contribution in [0.5, 0.6) is 0 Å². The molecule has 0 spiro atoms. The number of hydrogen-bond acceptors (Lipinski definition) is 2. The van der Waals surface area contributed by atoms with Crippen LogP contribution in [0.2, 0.25) is 0 Å². The van der Waals surface area contributed by atoms with Crippen molar-refractivity contribution in [2.45, 2.75) is 13.8 Å². The van der Waals surface area contributed by atoms with Crippen LogP contribution in [0.4, 0.5) is 5.69 Å². The predicted molar refractivity (Wildman–Crippen MR) is 87.7 cm³/mol. The molecule has 5 heteroatoms. The molecule has 0 bridgehead atoms. The number of rotatable bonds is 2. The summed E-state index contributed by atoms with van der Waals surface area (Å²) in [5.74, 6) is -0.145. The van der Waals surface area contributed by atoms with E-state index in [0.717, 1.165) is 26.6 Å². The van der Waals surface area contributed by atoms with E-state index in [4.69, 9.17) is 0 Å². The third-order valence-electron chi connectivity index (χ3n) is 3.44. The van der Waals surface area contributed by atoms with Crippen LogP contribution in [0.25, 0.3) is 10.8 Å². The third kappa shape index (κ3) is 2.56. The van der Waals surface area contributed by atoms with Crippen molar-refractivity contribution in [3.63, 3.8) is 0 Å². The number of amides is 1. The maximum absolute atomic E-state index is 12.3. The van der Waals surface area contributed by atoms with Crippen molar-refractivity contribution < 1.29 is 4.79 Å². The van der Waals surface area contributed by atoms with Gasteiger partial charge in [0.25, 0.3) is 5.91 Å². The summed E-state index contributed by atoms with van der Waals surface area (Å²) in [6.07, 6.45) is 0. The Kier molecular flexibility index (Phi) is 3.51. The van der Waals surface area contributed by atoms with Gasteiger partial charge < -0.3 is 5.32 Å². The largest absolute Gasteiger partial charge is 0.322 e. The second kappa shape index (κ2) is 5.33. The van der Waals surface area contributed by atoms with Crippen LogP contribution in [0, 0.1) is 13.8 Å². The Balaban J connectivity index is 1.93. The Hall–Kier alpha value is -2.14. The second-order valence-electron chi connectivity index (χ2n) is 4.94. The minimum atomic E-state index is -0.145. The number of aromatic nitrogens is 2. The van der Waals surface area contributed by atoms with Crippen molar-refractivity contribution in [3.05, 3.63) is 57.8 Å². The summed E-state index contributed by atoms with van der Waals surface area (Å²) in [6, 6.07) is 11.8. The van der Waals surface area contributed by atoms with E-state index >= 15 is 0 Å². The lowest BCUT2D eigenvalue weighted by Crippen LogP contribution is -2.13. The van der Waals surface area contributed by atoms with Crippen LogP contribution in [-0.2, 0) is 0 Å². The fraction of sp³-hybridized carbons (Fsp3) is 0.125. The molecule has 0 aliphatic heterocycles. The van der Waals surface area contributed by atoms with Crippen molar-refractivity contribution in [2.75, 3.05) is 5.32 Å². The average molecular weight is 344 g/mol. The lowest BCUT2D eigenvalue weighted by Gasteiger charge is -2.07. The number of hydrogen-bond donors (Lipinski definition) is 2. The van der Waals surface area contributed by atoms with Gasteiger partial charge in [0.1, 0.15) is 0 Å². The van der Waals surface area contributed by atoms with Gasteiger partial charge in [0.15, 0.2) is 0 Å². The highest BCUT2D eigenvalue weighted by Gasteiger charge is 2.15. The van der Waals surface area contributed by atoms with Crippen LogP contribution in [0.1, 0.15) is 21.7 Å². The van der Waals surface area contributed by atoms with Crippen LogP contribution in [0.3, 0.4) is 0 Å². The standard InChI is InChI=1S/C16H14BrN3O/c1-9-15(10(2)20-19-9)16(21)18-12-6-7-13-11(8-12)4-3-5-14(13)17/h3-8H,1-2H3,(H,18,21)(H,19,20). The van der Waals surface area contributed by atoms with Gasteiger partial charge in [0.2, 0.25) is 0 Å². The van der Waals surface area contributed by atoms with Crippen LogP contribution >= 0.6 is 15.9 Å². The van der Waals surface area contributed by atoms with Gasteiger partial charge in [-0.05, 0) is 42.8 Å². The van der Waals surface area contributed by atoms with Gasteiger partial charge in [-0.2, -0.15) is 5.10 Å². The Labute approximate surface area is 130 Å². The van der Waals surface area contributed by atoms with Crippen molar-refractivity contribution in [2.24, 2.45) is 0 Å². The smallest absolute Gasteiger partial charge is 0.259 e. The molecule has 0 saturated carbocycles. The van der Waals surface area contributed by atoms with Crippen molar-refractivity contribution >= 4 is 38.3 Å². The van der Waals surface area contributed by atoms with Gasteiger partial charge in [-0.25, -0.2) is 0 Å². The van der Waals surface area contributed by atoms with E-state index in [2.05, 4.69) is 31.4 Å². The minimum absolute atomic E-state index is 0.145. The summed E-state index contributed by atoms with van der Waals surface area (Å²) in [5.41, 5.74) is 2.84. The molecule has 0 fully saturated rings. The van der Waals surface area contributed by atoms with Crippen molar-refractivity contribution in [1.82, 2.24) is 10.2 Å². The number of halogens is 1. The van der Waals surface area contributed by atoms with E-state index in [1.165, 1.54) is 0 Å². The summed E-state index contributed by atoms with van der Waals surface area (Å²) in [5, 5.41) is 12.0. The summed E-state index contributed by atoms with van der Waals surface area (Å²) in [7, 11) is 0. The number of aryl methyl sites for hydroxylation is 2. The molecule has 1 aromatic heterocycles. The average Bonchev–Trinajstić information content (AvgIpc) is 2.78. The highest BCUT2D eigenvalue weighted by atomic mass is 79.9. The number of benzene rings is 2. The monoisotopic (exact) mass is 343 g/mol. The van der Waals surface area contributed by atoms with Crippen LogP contribution in [-0.4, -0.2) is 16.1 Å². The van der Waals surface area contributed by atoms with Gasteiger partial charge >= 0.3 is 0 Å². The third-order valence-corrected chi connectivity index (χ3v) is 4.13. The van der Waals surface area contributed by atoms with Gasteiger partial charge in [-0.15, -0.1) is 0 Å². The predicted octanol–water partition coefficient (Wildman–Crippen LogP) is 4.19. The molecule has 0 atom stereocenters. The molecular formula is C16H14BrN3O. The maximum Gasteiger partial charge on any atom is 0.259 e. The molecule has 1 amide bonds. The SMILES string of the molecule is Cc1n[nH]c(C)c1C(=O)Nc1ccc2c(Br)cccc2c1. The molecule has 1 heterocycles. The number of H-pyrrole nitrogens is 1. The van der Waals surface area contributed by atoms with Gasteiger partial charge in [0.05, 0.1) is 11.3 Å². The Morgan fingerprint density at radius 3 is 2.76 bits per heavy atom. The van der Waals surface area contributed by atoms with E-state index in [1.807, 2.05) is 50.2 Å². The summed E-state index contributed by atoms with van der Waals surface area (Å²) < 4.78 is 1.04. The summed E-state index contributed by atoms with van der Waals surface area (Å²) >= 11 is 3.52. The topological polar surface area (TPSA) is 57.8 Å². The lowest BCUT2D eigenvalue weighted by molar-refractivity contribution is 0.102. The van der Waals surface area contributed by atoms with Gasteiger partial charge in [-0.3, -0.25) is 9.89 Å². The molecule has 2 aromatic carbocycles. The van der Waals surface area contributed by atoms with Crippen molar-refractivity contribution in [1.29, 1.82) is 0 Å². The summed E-state index contributed by atoms with van der Waals surface area (Å²) in [6.45, 7) is 3.66. The fourth-order valence-electron chi connectivity index (χ4n) is 2.40. The van der Waals surface area contributed by atoms with E-state index in [-0.39, 0.29) is 5.91 Å². The van der Waals surface area contributed by atoms with E-state index in [9.17, 15) is 4.79 Å². The Morgan fingerprint density at radius 1 is 1.24 bits per heavy atom. The van der Waals surface area contributed by atoms with Crippen LogP contribution in [0.15, 0.2) is 40.9 Å². The molecule has 3 rings (SSSR count). The van der Waals surface area contributed by atoms with E-state index in [0.29, 0.717) is 11.3 Å². The molecule has 0 radical (unpaired) electrons. The number of nitrogens with one attached hydrogen (secondary N) is 2. The number of fused-ring (bicyclic) bond motifs is 1. The fourth-order valence-corrected chi connectivity index (χ4v) is 2.91. The minimum Gasteiger partial charge on any atom is -0.322 e. The molecule has 0 aliphatic rings. The van der Waals surface area contributed by atoms with Gasteiger partial charge in [-0.1, -0.05) is 34.1 Å².